The smallest absolute Gasteiger partial charge is 0.248 e. The quantitative estimate of drug-likeness (QED) is 0.747. The van der Waals surface area contributed by atoms with E-state index in [1.165, 1.54) is 25.7 Å². The standard InChI is InChI=1S/C15H27F2N/c1-2-10-18-14(11-12-4-3-5-12)13-6-8-15(16,17)9-7-13/h12-14,18H,2-11H2,1H3. The summed E-state index contributed by atoms with van der Waals surface area (Å²) in [5.74, 6) is -1.04. The summed E-state index contributed by atoms with van der Waals surface area (Å²) in [6.45, 7) is 3.20. The molecule has 106 valence electrons. The molecule has 2 aliphatic carbocycles. The van der Waals surface area contributed by atoms with E-state index in [-0.39, 0.29) is 12.8 Å². The van der Waals surface area contributed by atoms with Gasteiger partial charge in [0, 0.05) is 18.9 Å². The van der Waals surface area contributed by atoms with E-state index < -0.39 is 5.92 Å². The van der Waals surface area contributed by atoms with Crippen LogP contribution in [0.4, 0.5) is 8.78 Å². The number of hydrogen-bond acceptors (Lipinski definition) is 1. The van der Waals surface area contributed by atoms with Gasteiger partial charge in [-0.15, -0.1) is 0 Å². The third-order valence-corrected chi connectivity index (χ3v) is 4.80. The minimum Gasteiger partial charge on any atom is -0.314 e. The van der Waals surface area contributed by atoms with Crippen molar-refractivity contribution in [3.05, 3.63) is 0 Å². The van der Waals surface area contributed by atoms with Gasteiger partial charge in [0.15, 0.2) is 0 Å². The van der Waals surface area contributed by atoms with E-state index >= 15 is 0 Å². The molecule has 0 amide bonds. The van der Waals surface area contributed by atoms with Gasteiger partial charge in [-0.2, -0.15) is 0 Å². The fourth-order valence-electron chi connectivity index (χ4n) is 3.32. The van der Waals surface area contributed by atoms with Crippen LogP contribution in [0.25, 0.3) is 0 Å². The van der Waals surface area contributed by atoms with E-state index in [9.17, 15) is 8.78 Å². The summed E-state index contributed by atoms with van der Waals surface area (Å²) >= 11 is 0. The maximum absolute atomic E-state index is 13.2. The molecule has 2 aliphatic rings. The first-order chi connectivity index (χ1) is 8.61. The number of halogens is 2. The van der Waals surface area contributed by atoms with Crippen LogP contribution in [0.1, 0.15) is 64.7 Å². The predicted octanol–water partition coefficient (Wildman–Crippen LogP) is 4.37. The zero-order valence-corrected chi connectivity index (χ0v) is 11.6. The molecular formula is C15H27F2N. The van der Waals surface area contributed by atoms with Gasteiger partial charge >= 0.3 is 0 Å². The van der Waals surface area contributed by atoms with Gasteiger partial charge in [0.05, 0.1) is 0 Å². The Morgan fingerprint density at radius 3 is 2.33 bits per heavy atom. The van der Waals surface area contributed by atoms with Crippen LogP contribution < -0.4 is 5.32 Å². The SMILES string of the molecule is CCCNC(CC1CCC1)C1CCC(F)(F)CC1. The van der Waals surface area contributed by atoms with Crippen molar-refractivity contribution in [2.24, 2.45) is 11.8 Å². The number of rotatable bonds is 6. The third-order valence-electron chi connectivity index (χ3n) is 4.80. The molecule has 1 unspecified atom stereocenters. The molecule has 0 spiro atoms. The van der Waals surface area contributed by atoms with Crippen molar-refractivity contribution in [3.8, 4) is 0 Å². The van der Waals surface area contributed by atoms with Crippen LogP contribution in [0, 0.1) is 11.8 Å². The fourth-order valence-corrected chi connectivity index (χ4v) is 3.32. The van der Waals surface area contributed by atoms with Crippen molar-refractivity contribution < 1.29 is 8.78 Å². The molecule has 0 aromatic carbocycles. The molecule has 0 radical (unpaired) electrons. The van der Waals surface area contributed by atoms with Crippen molar-refractivity contribution >= 4 is 0 Å². The highest BCUT2D eigenvalue weighted by atomic mass is 19.3. The minimum atomic E-state index is -2.39. The summed E-state index contributed by atoms with van der Waals surface area (Å²) in [5.41, 5.74) is 0. The third kappa shape index (κ3) is 3.91. The van der Waals surface area contributed by atoms with Crippen LogP contribution in [0.2, 0.25) is 0 Å². The molecule has 2 fully saturated rings. The lowest BCUT2D eigenvalue weighted by molar-refractivity contribution is -0.0508. The molecule has 3 heteroatoms. The summed E-state index contributed by atoms with van der Waals surface area (Å²) in [6, 6.07) is 0.492. The molecule has 0 heterocycles. The normalized spacial score (nSPS) is 26.8. The van der Waals surface area contributed by atoms with E-state index in [0.717, 1.165) is 18.9 Å². The summed E-state index contributed by atoms with van der Waals surface area (Å²) in [6.07, 6.45) is 8.05. The monoisotopic (exact) mass is 259 g/mol. The van der Waals surface area contributed by atoms with Crippen LogP contribution in [-0.4, -0.2) is 18.5 Å². The number of alkyl halides is 2. The number of hydrogen-bond donors (Lipinski definition) is 1. The zero-order chi connectivity index (χ0) is 13.0. The first kappa shape index (κ1) is 14.2. The Kier molecular flexibility index (Phi) is 4.99. The second-order valence-corrected chi connectivity index (χ2v) is 6.29. The Bertz CT molecular complexity index is 241. The Morgan fingerprint density at radius 1 is 1.17 bits per heavy atom. The highest BCUT2D eigenvalue weighted by Gasteiger charge is 2.38. The van der Waals surface area contributed by atoms with Gasteiger partial charge in [-0.3, -0.25) is 0 Å². The molecule has 0 aliphatic heterocycles. The predicted molar refractivity (Wildman–Crippen MR) is 70.9 cm³/mol. The van der Waals surface area contributed by atoms with Crippen LogP contribution in [0.15, 0.2) is 0 Å². The second kappa shape index (κ2) is 6.31. The molecule has 1 N–H and O–H groups in total. The van der Waals surface area contributed by atoms with E-state index in [1.807, 2.05) is 0 Å². The molecule has 2 rings (SSSR count). The Labute approximate surface area is 110 Å². The molecule has 2 saturated carbocycles. The van der Waals surface area contributed by atoms with Crippen LogP contribution in [0.3, 0.4) is 0 Å². The Balaban J connectivity index is 1.82. The van der Waals surface area contributed by atoms with Gasteiger partial charge in [-0.25, -0.2) is 8.78 Å². The summed E-state index contributed by atoms with van der Waals surface area (Å²) in [4.78, 5) is 0. The highest BCUT2D eigenvalue weighted by Crippen LogP contribution is 2.40. The molecule has 1 nitrogen and oxygen atoms in total. The first-order valence-electron chi connectivity index (χ1n) is 7.72. The van der Waals surface area contributed by atoms with E-state index in [2.05, 4.69) is 12.2 Å². The summed E-state index contributed by atoms with van der Waals surface area (Å²) in [7, 11) is 0. The average molecular weight is 259 g/mol. The van der Waals surface area contributed by atoms with Gasteiger partial charge in [0.2, 0.25) is 5.92 Å². The van der Waals surface area contributed by atoms with E-state index in [4.69, 9.17) is 0 Å². The maximum Gasteiger partial charge on any atom is 0.248 e. The Morgan fingerprint density at radius 2 is 1.83 bits per heavy atom. The summed E-state index contributed by atoms with van der Waals surface area (Å²) in [5, 5.41) is 3.62. The highest BCUT2D eigenvalue weighted by molar-refractivity contribution is 4.87. The van der Waals surface area contributed by atoms with Crippen molar-refractivity contribution in [3.63, 3.8) is 0 Å². The molecule has 18 heavy (non-hydrogen) atoms. The van der Waals surface area contributed by atoms with E-state index in [0.29, 0.717) is 24.8 Å². The average Bonchev–Trinajstić information content (AvgIpc) is 2.28. The molecule has 1 atom stereocenters. The largest absolute Gasteiger partial charge is 0.314 e. The van der Waals surface area contributed by atoms with Gasteiger partial charge in [0.1, 0.15) is 0 Å². The van der Waals surface area contributed by atoms with Gasteiger partial charge in [-0.1, -0.05) is 26.2 Å². The molecule has 0 bridgehead atoms. The molecule has 0 aromatic rings. The van der Waals surface area contributed by atoms with Crippen LogP contribution in [-0.2, 0) is 0 Å². The lowest BCUT2D eigenvalue weighted by Crippen LogP contribution is -2.42. The zero-order valence-electron chi connectivity index (χ0n) is 11.6. The van der Waals surface area contributed by atoms with Gasteiger partial charge in [-0.05, 0) is 44.1 Å². The minimum absolute atomic E-state index is 0.104. The molecule has 0 saturated heterocycles. The van der Waals surface area contributed by atoms with E-state index in [1.54, 1.807) is 0 Å². The first-order valence-corrected chi connectivity index (χ1v) is 7.72. The molecule has 0 aromatic heterocycles. The fraction of sp³-hybridized carbons (Fsp3) is 1.00. The number of nitrogens with one attached hydrogen (secondary N) is 1. The van der Waals surface area contributed by atoms with Crippen LogP contribution in [0.5, 0.6) is 0 Å². The maximum atomic E-state index is 13.2. The van der Waals surface area contributed by atoms with Gasteiger partial charge in [0.25, 0.3) is 0 Å². The second-order valence-electron chi connectivity index (χ2n) is 6.29. The van der Waals surface area contributed by atoms with Crippen molar-refractivity contribution in [2.75, 3.05) is 6.54 Å². The summed E-state index contributed by atoms with van der Waals surface area (Å²) < 4.78 is 26.4. The van der Waals surface area contributed by atoms with Crippen molar-refractivity contribution in [1.82, 2.24) is 5.32 Å². The molecular weight excluding hydrogens is 232 g/mol. The van der Waals surface area contributed by atoms with Crippen LogP contribution >= 0.6 is 0 Å². The van der Waals surface area contributed by atoms with Crippen molar-refractivity contribution in [2.45, 2.75) is 76.7 Å². The lowest BCUT2D eigenvalue weighted by atomic mass is 9.74. The Hall–Kier alpha value is -0.180. The lowest BCUT2D eigenvalue weighted by Gasteiger charge is -2.38. The van der Waals surface area contributed by atoms with Crippen molar-refractivity contribution in [1.29, 1.82) is 0 Å². The topological polar surface area (TPSA) is 12.0 Å². The van der Waals surface area contributed by atoms with Gasteiger partial charge < -0.3 is 5.32 Å².